The molecular weight excluding hydrogens is 192 g/mol. The highest BCUT2D eigenvalue weighted by Gasteiger charge is 2.30. The third-order valence-electron chi connectivity index (χ3n) is 3.41. The molecule has 0 amide bonds. The lowest BCUT2D eigenvalue weighted by Gasteiger charge is -2.39. The second kappa shape index (κ2) is 5.04. The molecule has 0 spiro atoms. The zero-order valence-corrected chi connectivity index (χ0v) is 9.43. The molecular formula is C11H18N2S. The van der Waals surface area contributed by atoms with Gasteiger partial charge >= 0.3 is 0 Å². The summed E-state index contributed by atoms with van der Waals surface area (Å²) in [6, 6.07) is 3.08. The zero-order chi connectivity index (χ0) is 9.80. The SMILES string of the molecule is N#CC1CCCCC1N1CCSCC1. The average Bonchev–Trinajstić information content (AvgIpc) is 2.30. The van der Waals surface area contributed by atoms with Crippen LogP contribution in [0.1, 0.15) is 25.7 Å². The number of nitrogens with zero attached hydrogens (tertiary/aromatic N) is 2. The highest BCUT2D eigenvalue weighted by atomic mass is 32.2. The molecule has 0 aromatic rings. The van der Waals surface area contributed by atoms with E-state index >= 15 is 0 Å². The summed E-state index contributed by atoms with van der Waals surface area (Å²) in [6.45, 7) is 2.40. The van der Waals surface area contributed by atoms with Crippen molar-refractivity contribution in [1.82, 2.24) is 4.90 Å². The normalized spacial score (nSPS) is 35.1. The second-order valence-corrected chi connectivity index (χ2v) is 5.46. The van der Waals surface area contributed by atoms with E-state index in [4.69, 9.17) is 5.26 Å². The third-order valence-corrected chi connectivity index (χ3v) is 4.35. The Morgan fingerprint density at radius 2 is 1.86 bits per heavy atom. The second-order valence-electron chi connectivity index (χ2n) is 4.24. The molecule has 2 fully saturated rings. The maximum atomic E-state index is 9.11. The summed E-state index contributed by atoms with van der Waals surface area (Å²) < 4.78 is 0. The maximum Gasteiger partial charge on any atom is 0.0672 e. The first kappa shape index (κ1) is 10.3. The molecule has 14 heavy (non-hydrogen) atoms. The highest BCUT2D eigenvalue weighted by molar-refractivity contribution is 7.99. The van der Waals surface area contributed by atoms with Crippen LogP contribution >= 0.6 is 11.8 Å². The lowest BCUT2D eigenvalue weighted by atomic mass is 9.84. The Morgan fingerprint density at radius 1 is 1.14 bits per heavy atom. The van der Waals surface area contributed by atoms with E-state index in [0.717, 1.165) is 6.42 Å². The molecule has 2 aliphatic rings. The molecule has 0 aromatic heterocycles. The van der Waals surface area contributed by atoms with Crippen molar-refractivity contribution in [2.75, 3.05) is 24.6 Å². The number of hydrogen-bond donors (Lipinski definition) is 0. The molecule has 0 N–H and O–H groups in total. The van der Waals surface area contributed by atoms with Crippen LogP contribution in [0.3, 0.4) is 0 Å². The van der Waals surface area contributed by atoms with Crippen molar-refractivity contribution < 1.29 is 0 Å². The van der Waals surface area contributed by atoms with Gasteiger partial charge in [0.05, 0.1) is 12.0 Å². The Balaban J connectivity index is 1.95. The quantitative estimate of drug-likeness (QED) is 0.663. The summed E-state index contributed by atoms with van der Waals surface area (Å²) in [4.78, 5) is 2.56. The van der Waals surface area contributed by atoms with Gasteiger partial charge in [0.2, 0.25) is 0 Å². The van der Waals surface area contributed by atoms with Crippen molar-refractivity contribution in [3.8, 4) is 6.07 Å². The smallest absolute Gasteiger partial charge is 0.0672 e. The van der Waals surface area contributed by atoms with Gasteiger partial charge in [-0.1, -0.05) is 12.8 Å². The van der Waals surface area contributed by atoms with Crippen molar-refractivity contribution in [3.05, 3.63) is 0 Å². The van der Waals surface area contributed by atoms with E-state index in [0.29, 0.717) is 12.0 Å². The Bertz CT molecular complexity index is 218. The fourth-order valence-electron chi connectivity index (χ4n) is 2.61. The summed E-state index contributed by atoms with van der Waals surface area (Å²) >= 11 is 2.05. The number of rotatable bonds is 1. The van der Waals surface area contributed by atoms with Gasteiger partial charge in [-0.2, -0.15) is 17.0 Å². The predicted octanol–water partition coefficient (Wildman–Crippen LogP) is 2.12. The summed E-state index contributed by atoms with van der Waals surface area (Å²) in [5.74, 6) is 2.83. The first-order valence-corrected chi connectivity index (χ1v) is 6.78. The van der Waals surface area contributed by atoms with Crippen molar-refractivity contribution in [2.45, 2.75) is 31.7 Å². The minimum atomic E-state index is 0.312. The summed E-state index contributed by atoms with van der Waals surface area (Å²) in [5.41, 5.74) is 0. The van der Waals surface area contributed by atoms with Crippen LogP contribution in [0.2, 0.25) is 0 Å². The molecule has 2 unspecified atom stereocenters. The minimum Gasteiger partial charge on any atom is -0.297 e. The summed E-state index contributed by atoms with van der Waals surface area (Å²) in [7, 11) is 0. The molecule has 2 atom stereocenters. The molecule has 1 saturated heterocycles. The van der Waals surface area contributed by atoms with E-state index in [1.165, 1.54) is 43.9 Å². The van der Waals surface area contributed by atoms with Gasteiger partial charge in [-0.15, -0.1) is 0 Å². The standard InChI is InChI=1S/C11H18N2S/c12-9-10-3-1-2-4-11(10)13-5-7-14-8-6-13/h10-11H,1-8H2. The molecule has 3 heteroatoms. The highest BCUT2D eigenvalue weighted by Crippen LogP contribution is 2.29. The first-order chi connectivity index (χ1) is 6.92. The minimum absolute atomic E-state index is 0.312. The van der Waals surface area contributed by atoms with Gasteiger partial charge in [0.1, 0.15) is 0 Å². The topological polar surface area (TPSA) is 27.0 Å². The molecule has 0 radical (unpaired) electrons. The lowest BCUT2D eigenvalue weighted by Crippen LogP contribution is -2.46. The lowest BCUT2D eigenvalue weighted by molar-refractivity contribution is 0.139. The molecule has 1 aliphatic heterocycles. The fourth-order valence-corrected chi connectivity index (χ4v) is 3.54. The van der Waals surface area contributed by atoms with Gasteiger partial charge in [0, 0.05) is 30.6 Å². The van der Waals surface area contributed by atoms with Crippen LogP contribution in [0.5, 0.6) is 0 Å². The van der Waals surface area contributed by atoms with Gasteiger partial charge in [0.15, 0.2) is 0 Å². The number of thioether (sulfide) groups is 1. The molecule has 1 aliphatic carbocycles. The van der Waals surface area contributed by atoms with Crippen LogP contribution in [0, 0.1) is 17.2 Å². The predicted molar refractivity (Wildman–Crippen MR) is 60.3 cm³/mol. The molecule has 1 heterocycles. The Labute approximate surface area is 90.7 Å². The van der Waals surface area contributed by atoms with Crippen LogP contribution in [0.25, 0.3) is 0 Å². The Kier molecular flexibility index (Phi) is 3.72. The number of nitriles is 1. The van der Waals surface area contributed by atoms with Gasteiger partial charge in [0.25, 0.3) is 0 Å². The van der Waals surface area contributed by atoms with E-state index in [-0.39, 0.29) is 0 Å². The van der Waals surface area contributed by atoms with E-state index in [1.807, 2.05) is 11.8 Å². The largest absolute Gasteiger partial charge is 0.297 e. The van der Waals surface area contributed by atoms with E-state index < -0.39 is 0 Å². The van der Waals surface area contributed by atoms with Crippen molar-refractivity contribution in [2.24, 2.45) is 5.92 Å². The van der Waals surface area contributed by atoms with Gasteiger partial charge in [-0.3, -0.25) is 4.90 Å². The van der Waals surface area contributed by atoms with Gasteiger partial charge in [-0.05, 0) is 12.8 Å². The Morgan fingerprint density at radius 3 is 2.57 bits per heavy atom. The third kappa shape index (κ3) is 2.24. The summed E-state index contributed by atoms with van der Waals surface area (Å²) in [5, 5.41) is 9.11. The molecule has 1 saturated carbocycles. The monoisotopic (exact) mass is 210 g/mol. The van der Waals surface area contributed by atoms with Crippen LogP contribution in [-0.2, 0) is 0 Å². The summed E-state index contributed by atoms with van der Waals surface area (Å²) in [6.07, 6.45) is 4.97. The van der Waals surface area contributed by atoms with E-state index in [9.17, 15) is 0 Å². The fraction of sp³-hybridized carbons (Fsp3) is 0.909. The van der Waals surface area contributed by atoms with E-state index in [1.54, 1.807) is 0 Å². The van der Waals surface area contributed by atoms with Gasteiger partial charge in [-0.25, -0.2) is 0 Å². The van der Waals surface area contributed by atoms with Gasteiger partial charge < -0.3 is 0 Å². The maximum absolute atomic E-state index is 9.11. The average molecular weight is 210 g/mol. The van der Waals surface area contributed by atoms with Crippen molar-refractivity contribution >= 4 is 11.8 Å². The van der Waals surface area contributed by atoms with Crippen molar-refractivity contribution in [3.63, 3.8) is 0 Å². The van der Waals surface area contributed by atoms with E-state index in [2.05, 4.69) is 11.0 Å². The van der Waals surface area contributed by atoms with Crippen LogP contribution < -0.4 is 0 Å². The van der Waals surface area contributed by atoms with Crippen LogP contribution in [-0.4, -0.2) is 35.5 Å². The van der Waals surface area contributed by atoms with Crippen LogP contribution in [0.15, 0.2) is 0 Å². The molecule has 0 aromatic carbocycles. The number of hydrogen-bond acceptors (Lipinski definition) is 3. The molecule has 2 rings (SSSR count). The molecule has 78 valence electrons. The Hall–Kier alpha value is -0.200. The first-order valence-electron chi connectivity index (χ1n) is 5.63. The molecule has 0 bridgehead atoms. The van der Waals surface area contributed by atoms with Crippen molar-refractivity contribution in [1.29, 1.82) is 5.26 Å². The molecule has 2 nitrogen and oxygen atoms in total. The van der Waals surface area contributed by atoms with Crippen LogP contribution in [0.4, 0.5) is 0 Å². The zero-order valence-electron chi connectivity index (χ0n) is 8.61.